The molecule has 11 heteroatoms. The van der Waals surface area contributed by atoms with Crippen molar-refractivity contribution in [2.24, 2.45) is 11.5 Å². The fourth-order valence-electron chi connectivity index (χ4n) is 3.30. The summed E-state index contributed by atoms with van der Waals surface area (Å²) in [5.74, 6) is -2.90. The van der Waals surface area contributed by atoms with E-state index in [0.29, 0.717) is 19.4 Å². The molecular weight excluding hydrogens is 416 g/mol. The zero-order chi connectivity index (χ0) is 23.5. The maximum atomic E-state index is 13.0. The van der Waals surface area contributed by atoms with E-state index in [0.717, 1.165) is 16.5 Å². The number of carboxylic acids is 1. The van der Waals surface area contributed by atoms with Gasteiger partial charge in [0.2, 0.25) is 17.7 Å². The van der Waals surface area contributed by atoms with E-state index >= 15 is 0 Å². The Bertz CT molecular complexity index is 944. The molecule has 0 radical (unpaired) electrons. The van der Waals surface area contributed by atoms with E-state index in [1.807, 2.05) is 24.3 Å². The molecule has 2 unspecified atom stereocenters. The van der Waals surface area contributed by atoms with Gasteiger partial charge in [-0.3, -0.25) is 19.2 Å². The van der Waals surface area contributed by atoms with Crippen molar-refractivity contribution in [2.45, 2.75) is 37.8 Å². The minimum Gasteiger partial charge on any atom is -0.480 e. The summed E-state index contributed by atoms with van der Waals surface area (Å²) in [4.78, 5) is 51.3. The number of nitrogens with one attached hydrogen (secondary N) is 4. The molecule has 0 fully saturated rings. The number of hydrogen-bond acceptors (Lipinski definition) is 6. The number of H-pyrrole nitrogens is 1. The van der Waals surface area contributed by atoms with Crippen LogP contribution in [0.1, 0.15) is 24.8 Å². The summed E-state index contributed by atoms with van der Waals surface area (Å²) in [6.45, 7) is -0.436. The number of carbonyl (C=O) groups is 4. The molecule has 3 amide bonds. The molecule has 1 aromatic carbocycles. The van der Waals surface area contributed by atoms with E-state index in [4.69, 9.17) is 16.6 Å². The fourth-order valence-corrected chi connectivity index (χ4v) is 3.30. The molecule has 174 valence electrons. The van der Waals surface area contributed by atoms with Crippen LogP contribution in [-0.2, 0) is 25.6 Å². The van der Waals surface area contributed by atoms with Crippen LogP contribution in [0.15, 0.2) is 30.5 Å². The molecule has 32 heavy (non-hydrogen) atoms. The van der Waals surface area contributed by atoms with Gasteiger partial charge in [-0.15, -0.1) is 0 Å². The number of carbonyl (C=O) groups excluding carboxylic acids is 3. The van der Waals surface area contributed by atoms with Crippen LogP contribution < -0.4 is 27.4 Å². The number of fused-ring (bicyclic) bond motifs is 1. The van der Waals surface area contributed by atoms with Crippen molar-refractivity contribution < 1.29 is 24.3 Å². The van der Waals surface area contributed by atoms with Crippen molar-refractivity contribution in [3.05, 3.63) is 36.0 Å². The van der Waals surface area contributed by atoms with Crippen LogP contribution in [0.2, 0.25) is 0 Å². The number of aromatic amines is 1. The maximum Gasteiger partial charge on any atom is 0.322 e. The number of para-hydroxylation sites is 1. The molecule has 0 bridgehead atoms. The predicted octanol–water partition coefficient (Wildman–Crippen LogP) is -1.03. The summed E-state index contributed by atoms with van der Waals surface area (Å²) in [5, 5.41) is 17.2. The van der Waals surface area contributed by atoms with Crippen molar-refractivity contribution in [1.82, 2.24) is 20.9 Å². The number of nitrogens with two attached hydrogens (primary N) is 2. The van der Waals surface area contributed by atoms with Gasteiger partial charge < -0.3 is 37.5 Å². The maximum absolute atomic E-state index is 13.0. The summed E-state index contributed by atoms with van der Waals surface area (Å²) in [6, 6.07) is 5.60. The van der Waals surface area contributed by atoms with Gasteiger partial charge in [-0.25, -0.2) is 0 Å². The summed E-state index contributed by atoms with van der Waals surface area (Å²) in [7, 11) is 0. The lowest BCUT2D eigenvalue weighted by Gasteiger charge is -2.23. The predicted molar refractivity (Wildman–Crippen MR) is 118 cm³/mol. The first-order valence-corrected chi connectivity index (χ1v) is 10.4. The van der Waals surface area contributed by atoms with E-state index in [1.165, 1.54) is 0 Å². The van der Waals surface area contributed by atoms with Crippen molar-refractivity contribution in [3.63, 3.8) is 0 Å². The molecule has 2 aromatic rings. The van der Waals surface area contributed by atoms with Gasteiger partial charge in [0, 0.05) is 23.5 Å². The van der Waals surface area contributed by atoms with E-state index in [-0.39, 0.29) is 19.4 Å². The summed E-state index contributed by atoms with van der Waals surface area (Å²) >= 11 is 0. The van der Waals surface area contributed by atoms with E-state index < -0.39 is 42.3 Å². The molecule has 1 heterocycles. The van der Waals surface area contributed by atoms with Gasteiger partial charge in [0.1, 0.15) is 18.6 Å². The lowest BCUT2D eigenvalue weighted by Crippen LogP contribution is -2.55. The van der Waals surface area contributed by atoms with Gasteiger partial charge in [-0.05, 0) is 37.4 Å². The number of aromatic nitrogens is 1. The standard InChI is InChI=1S/C21H30N6O5/c22-8-4-3-7-16(20(31)25-12-19(29)30)27-21(32)17(26-18(28)10-23)9-13-11-24-15-6-2-1-5-14(13)15/h1-2,5-6,11,16-17,24H,3-4,7-10,12,22-23H2,(H,25,31)(H,26,28)(H,27,32)(H,29,30). The highest BCUT2D eigenvalue weighted by Crippen LogP contribution is 2.19. The molecule has 0 aliphatic rings. The minimum atomic E-state index is -1.20. The summed E-state index contributed by atoms with van der Waals surface area (Å²) in [5.41, 5.74) is 12.6. The highest BCUT2D eigenvalue weighted by atomic mass is 16.4. The molecule has 0 spiro atoms. The number of benzene rings is 1. The highest BCUT2D eigenvalue weighted by Gasteiger charge is 2.27. The van der Waals surface area contributed by atoms with Gasteiger partial charge >= 0.3 is 5.97 Å². The lowest BCUT2D eigenvalue weighted by atomic mass is 10.0. The van der Waals surface area contributed by atoms with Crippen LogP contribution in [0.5, 0.6) is 0 Å². The Morgan fingerprint density at radius 1 is 1.00 bits per heavy atom. The Hall–Kier alpha value is -3.44. The molecule has 1 aromatic heterocycles. The molecule has 2 atom stereocenters. The fraction of sp³-hybridized carbons (Fsp3) is 0.429. The van der Waals surface area contributed by atoms with Crippen LogP contribution >= 0.6 is 0 Å². The number of unbranched alkanes of at least 4 members (excludes halogenated alkanes) is 1. The van der Waals surface area contributed by atoms with Crippen LogP contribution in [-0.4, -0.2) is 65.5 Å². The monoisotopic (exact) mass is 446 g/mol. The van der Waals surface area contributed by atoms with E-state index in [1.54, 1.807) is 6.20 Å². The lowest BCUT2D eigenvalue weighted by molar-refractivity contribution is -0.138. The van der Waals surface area contributed by atoms with Gasteiger partial charge in [0.25, 0.3) is 0 Å². The van der Waals surface area contributed by atoms with Crippen molar-refractivity contribution in [1.29, 1.82) is 0 Å². The molecular formula is C21H30N6O5. The van der Waals surface area contributed by atoms with Gasteiger partial charge in [-0.2, -0.15) is 0 Å². The molecule has 11 nitrogen and oxygen atoms in total. The topological polar surface area (TPSA) is 192 Å². The van der Waals surface area contributed by atoms with Gasteiger partial charge in [-0.1, -0.05) is 18.2 Å². The normalized spacial score (nSPS) is 12.7. The smallest absolute Gasteiger partial charge is 0.322 e. The second-order valence-corrected chi connectivity index (χ2v) is 7.35. The van der Waals surface area contributed by atoms with E-state index in [2.05, 4.69) is 20.9 Å². The van der Waals surface area contributed by atoms with Crippen LogP contribution in [0, 0.1) is 0 Å². The molecule has 0 saturated carbocycles. The Balaban J connectivity index is 2.18. The number of hydrogen-bond donors (Lipinski definition) is 7. The second kappa shape index (κ2) is 12.4. The number of rotatable bonds is 13. The zero-order valence-electron chi connectivity index (χ0n) is 17.7. The Kier molecular flexibility index (Phi) is 9.64. The van der Waals surface area contributed by atoms with Gasteiger partial charge in [0.05, 0.1) is 6.54 Å². The largest absolute Gasteiger partial charge is 0.480 e. The average molecular weight is 447 g/mol. The SMILES string of the molecule is NCCCCC(NC(=O)C(Cc1c[nH]c2ccccc12)NC(=O)CN)C(=O)NCC(=O)O. The average Bonchev–Trinajstić information content (AvgIpc) is 3.19. The first-order chi connectivity index (χ1) is 15.3. The molecule has 9 N–H and O–H groups in total. The third kappa shape index (κ3) is 7.36. The third-order valence-corrected chi connectivity index (χ3v) is 4.93. The molecule has 0 saturated heterocycles. The van der Waals surface area contributed by atoms with Crippen molar-refractivity contribution >= 4 is 34.6 Å². The van der Waals surface area contributed by atoms with E-state index in [9.17, 15) is 19.2 Å². The number of amides is 3. The van der Waals surface area contributed by atoms with Crippen molar-refractivity contribution in [2.75, 3.05) is 19.6 Å². The van der Waals surface area contributed by atoms with Crippen LogP contribution in [0.3, 0.4) is 0 Å². The Morgan fingerprint density at radius 3 is 2.44 bits per heavy atom. The van der Waals surface area contributed by atoms with Crippen molar-refractivity contribution in [3.8, 4) is 0 Å². The highest BCUT2D eigenvalue weighted by molar-refractivity contribution is 5.94. The Labute approximate surface area is 185 Å². The molecule has 0 aliphatic carbocycles. The van der Waals surface area contributed by atoms with Gasteiger partial charge in [0.15, 0.2) is 0 Å². The number of carboxylic acid groups (broad SMARTS) is 1. The summed E-state index contributed by atoms with van der Waals surface area (Å²) < 4.78 is 0. The molecule has 2 rings (SSSR count). The molecule has 0 aliphatic heterocycles. The first-order valence-electron chi connectivity index (χ1n) is 10.4. The quantitative estimate of drug-likeness (QED) is 0.191. The third-order valence-electron chi connectivity index (χ3n) is 4.93. The number of aliphatic carboxylic acids is 1. The van der Waals surface area contributed by atoms with Crippen LogP contribution in [0.4, 0.5) is 0 Å². The van der Waals surface area contributed by atoms with Crippen LogP contribution in [0.25, 0.3) is 10.9 Å². The second-order valence-electron chi connectivity index (χ2n) is 7.35. The minimum absolute atomic E-state index is 0.174. The summed E-state index contributed by atoms with van der Waals surface area (Å²) in [6.07, 6.45) is 3.41. The first kappa shape index (κ1) is 24.8. The Morgan fingerprint density at radius 2 is 1.75 bits per heavy atom. The zero-order valence-corrected chi connectivity index (χ0v) is 17.7.